The second kappa shape index (κ2) is 5.75. The zero-order valence-electron chi connectivity index (χ0n) is 10.1. The summed E-state index contributed by atoms with van der Waals surface area (Å²) in [5.74, 6) is -0.262. The van der Waals surface area contributed by atoms with Gasteiger partial charge < -0.3 is 10.6 Å². The fourth-order valence-electron chi connectivity index (χ4n) is 1.36. The predicted molar refractivity (Wildman–Crippen MR) is 63.2 cm³/mol. The summed E-state index contributed by atoms with van der Waals surface area (Å²) in [6, 6.07) is 4.74. The molecule has 1 aromatic carbocycles. The second-order valence-electron chi connectivity index (χ2n) is 4.15. The van der Waals surface area contributed by atoms with Gasteiger partial charge in [0, 0.05) is 11.7 Å². The summed E-state index contributed by atoms with van der Waals surface area (Å²) in [6.45, 7) is 3.56. The van der Waals surface area contributed by atoms with E-state index in [1.165, 1.54) is 12.1 Å². The molecule has 0 bridgehead atoms. The van der Waals surface area contributed by atoms with Crippen LogP contribution in [0, 0.1) is 0 Å². The molecule has 3 nitrogen and oxygen atoms in total. The highest BCUT2D eigenvalue weighted by atomic mass is 19.4. The van der Waals surface area contributed by atoms with Gasteiger partial charge in [0.15, 0.2) is 0 Å². The summed E-state index contributed by atoms with van der Waals surface area (Å²) in [6.07, 6.45) is -4.38. The lowest BCUT2D eigenvalue weighted by atomic mass is 10.2. The molecule has 0 unspecified atom stereocenters. The van der Waals surface area contributed by atoms with Gasteiger partial charge in [-0.05, 0) is 32.0 Å². The molecule has 0 saturated heterocycles. The third kappa shape index (κ3) is 4.65. The molecule has 0 aliphatic carbocycles. The average Bonchev–Trinajstić information content (AvgIpc) is 2.25. The minimum Gasteiger partial charge on any atom is -0.376 e. The minimum absolute atomic E-state index is 0.000750. The average molecular weight is 260 g/mol. The molecule has 100 valence electrons. The Labute approximate surface area is 103 Å². The van der Waals surface area contributed by atoms with Crippen molar-refractivity contribution in [3.05, 3.63) is 29.8 Å². The van der Waals surface area contributed by atoms with Crippen LogP contribution in [0.25, 0.3) is 0 Å². The number of carbonyl (C=O) groups excluding carboxylic acids is 1. The first kappa shape index (κ1) is 14.3. The molecule has 0 aromatic heterocycles. The molecule has 1 rings (SSSR count). The Morgan fingerprint density at radius 2 is 2.00 bits per heavy atom. The quantitative estimate of drug-likeness (QED) is 0.873. The minimum atomic E-state index is -4.38. The lowest BCUT2D eigenvalue weighted by Crippen LogP contribution is -2.34. The number of anilines is 1. The van der Waals surface area contributed by atoms with Crippen LogP contribution in [0.3, 0.4) is 0 Å². The molecular weight excluding hydrogens is 245 g/mol. The molecule has 0 aliphatic rings. The largest absolute Gasteiger partial charge is 0.416 e. The molecular formula is C12H15F3N2O. The Kier molecular flexibility index (Phi) is 4.58. The Hall–Kier alpha value is -1.72. The number of halogens is 3. The van der Waals surface area contributed by atoms with Crippen molar-refractivity contribution in [1.82, 2.24) is 5.32 Å². The standard InChI is InChI=1S/C12H15F3N2O/c1-8(2)17-11(18)7-16-10-5-3-4-9(6-10)12(13,14)15/h3-6,8,16H,7H2,1-2H3,(H,17,18). The second-order valence-corrected chi connectivity index (χ2v) is 4.15. The predicted octanol–water partition coefficient (Wildman–Crippen LogP) is 2.64. The van der Waals surface area contributed by atoms with E-state index in [4.69, 9.17) is 0 Å². The molecule has 0 saturated carbocycles. The molecule has 2 N–H and O–H groups in total. The number of nitrogens with one attached hydrogen (secondary N) is 2. The molecule has 18 heavy (non-hydrogen) atoms. The van der Waals surface area contributed by atoms with Crippen molar-refractivity contribution in [3.8, 4) is 0 Å². The fraction of sp³-hybridized carbons (Fsp3) is 0.417. The molecule has 0 radical (unpaired) electrons. The Morgan fingerprint density at radius 3 is 2.56 bits per heavy atom. The lowest BCUT2D eigenvalue weighted by molar-refractivity contribution is -0.137. The summed E-state index contributed by atoms with van der Waals surface area (Å²) in [5.41, 5.74) is -0.472. The van der Waals surface area contributed by atoms with Crippen LogP contribution in [0.15, 0.2) is 24.3 Å². The number of rotatable bonds is 4. The molecule has 0 aliphatic heterocycles. The van der Waals surface area contributed by atoms with Gasteiger partial charge in [-0.2, -0.15) is 13.2 Å². The zero-order valence-corrected chi connectivity index (χ0v) is 10.1. The highest BCUT2D eigenvalue weighted by Crippen LogP contribution is 2.30. The van der Waals surface area contributed by atoms with Crippen LogP contribution in [0.5, 0.6) is 0 Å². The summed E-state index contributed by atoms with van der Waals surface area (Å²) in [5, 5.41) is 5.28. The van der Waals surface area contributed by atoms with Gasteiger partial charge in [0.2, 0.25) is 5.91 Å². The third-order valence-electron chi connectivity index (χ3n) is 2.09. The van der Waals surface area contributed by atoms with E-state index in [0.29, 0.717) is 0 Å². The maximum absolute atomic E-state index is 12.4. The van der Waals surface area contributed by atoms with Crippen LogP contribution < -0.4 is 10.6 Å². The number of alkyl halides is 3. The number of hydrogen-bond acceptors (Lipinski definition) is 2. The smallest absolute Gasteiger partial charge is 0.376 e. The van der Waals surface area contributed by atoms with Gasteiger partial charge in [-0.1, -0.05) is 6.07 Å². The van der Waals surface area contributed by atoms with Crippen LogP contribution in [-0.4, -0.2) is 18.5 Å². The van der Waals surface area contributed by atoms with Gasteiger partial charge in [-0.25, -0.2) is 0 Å². The van der Waals surface area contributed by atoms with Crippen LogP contribution in [0.2, 0.25) is 0 Å². The maximum atomic E-state index is 12.4. The van der Waals surface area contributed by atoms with Gasteiger partial charge >= 0.3 is 6.18 Å². The Balaban J connectivity index is 2.61. The maximum Gasteiger partial charge on any atom is 0.416 e. The molecule has 1 amide bonds. The molecule has 1 aromatic rings. The Bertz CT molecular complexity index is 416. The topological polar surface area (TPSA) is 41.1 Å². The monoisotopic (exact) mass is 260 g/mol. The number of benzene rings is 1. The van der Waals surface area contributed by atoms with Crippen LogP contribution >= 0.6 is 0 Å². The fourth-order valence-corrected chi connectivity index (χ4v) is 1.36. The van der Waals surface area contributed by atoms with Crippen LogP contribution in [0.1, 0.15) is 19.4 Å². The van der Waals surface area contributed by atoms with Gasteiger partial charge in [-0.15, -0.1) is 0 Å². The van der Waals surface area contributed by atoms with Crippen molar-refractivity contribution in [3.63, 3.8) is 0 Å². The van der Waals surface area contributed by atoms with Crippen molar-refractivity contribution in [2.75, 3.05) is 11.9 Å². The van der Waals surface area contributed by atoms with Gasteiger partial charge in [0.05, 0.1) is 12.1 Å². The van der Waals surface area contributed by atoms with E-state index in [9.17, 15) is 18.0 Å². The van der Waals surface area contributed by atoms with E-state index in [1.807, 2.05) is 13.8 Å². The highest BCUT2D eigenvalue weighted by Gasteiger charge is 2.30. The summed E-state index contributed by atoms with van der Waals surface area (Å²) >= 11 is 0. The Morgan fingerprint density at radius 1 is 1.33 bits per heavy atom. The first-order valence-corrected chi connectivity index (χ1v) is 5.49. The van der Waals surface area contributed by atoms with Gasteiger partial charge in [-0.3, -0.25) is 4.79 Å². The van der Waals surface area contributed by atoms with Crippen molar-refractivity contribution >= 4 is 11.6 Å². The zero-order chi connectivity index (χ0) is 13.8. The number of hydrogen-bond donors (Lipinski definition) is 2. The van der Waals surface area contributed by atoms with Crippen LogP contribution in [0.4, 0.5) is 18.9 Å². The van der Waals surface area contributed by atoms with Crippen molar-refractivity contribution < 1.29 is 18.0 Å². The first-order valence-electron chi connectivity index (χ1n) is 5.49. The van der Waals surface area contributed by atoms with Gasteiger partial charge in [0.25, 0.3) is 0 Å². The van der Waals surface area contributed by atoms with Crippen molar-refractivity contribution in [2.24, 2.45) is 0 Å². The molecule has 6 heteroatoms. The molecule has 0 heterocycles. The van der Waals surface area contributed by atoms with Crippen LogP contribution in [-0.2, 0) is 11.0 Å². The lowest BCUT2D eigenvalue weighted by Gasteiger charge is -2.12. The SMILES string of the molecule is CC(C)NC(=O)CNc1cccc(C(F)(F)F)c1. The molecule has 0 atom stereocenters. The van der Waals surface area contributed by atoms with E-state index < -0.39 is 11.7 Å². The normalized spacial score (nSPS) is 11.4. The first-order chi connectivity index (χ1) is 8.29. The molecule has 0 spiro atoms. The van der Waals surface area contributed by atoms with Crippen molar-refractivity contribution in [2.45, 2.75) is 26.1 Å². The highest BCUT2D eigenvalue weighted by molar-refractivity contribution is 5.80. The summed E-state index contributed by atoms with van der Waals surface area (Å²) in [7, 11) is 0. The van der Waals surface area contributed by atoms with E-state index in [2.05, 4.69) is 10.6 Å². The van der Waals surface area contributed by atoms with E-state index in [1.54, 1.807) is 0 Å². The number of carbonyl (C=O) groups is 1. The van der Waals surface area contributed by atoms with E-state index >= 15 is 0 Å². The van der Waals surface area contributed by atoms with Gasteiger partial charge in [0.1, 0.15) is 0 Å². The summed E-state index contributed by atoms with van der Waals surface area (Å²) < 4.78 is 37.3. The summed E-state index contributed by atoms with van der Waals surface area (Å²) in [4.78, 5) is 11.3. The molecule has 0 fully saturated rings. The number of amides is 1. The van der Waals surface area contributed by atoms with E-state index in [-0.39, 0.29) is 24.2 Å². The van der Waals surface area contributed by atoms with Crippen molar-refractivity contribution in [1.29, 1.82) is 0 Å². The third-order valence-corrected chi connectivity index (χ3v) is 2.09. The van der Waals surface area contributed by atoms with E-state index in [0.717, 1.165) is 12.1 Å².